The van der Waals surface area contributed by atoms with Crippen LogP contribution in [0, 0.1) is 0 Å². The van der Waals surface area contributed by atoms with Crippen molar-refractivity contribution in [1.82, 2.24) is 19.3 Å². The second kappa shape index (κ2) is 4.00. The van der Waals surface area contributed by atoms with E-state index < -0.39 is 0 Å². The summed E-state index contributed by atoms with van der Waals surface area (Å²) in [5.41, 5.74) is 2.07. The first kappa shape index (κ1) is 10.5. The fourth-order valence-corrected chi connectivity index (χ4v) is 2.49. The van der Waals surface area contributed by atoms with Crippen LogP contribution in [0.3, 0.4) is 0 Å². The number of aromatic nitrogens is 3. The van der Waals surface area contributed by atoms with Gasteiger partial charge in [-0.3, -0.25) is 4.90 Å². The molecule has 0 saturated carbocycles. The topological polar surface area (TPSA) is 45.5 Å². The Kier molecular flexibility index (Phi) is 2.48. The van der Waals surface area contributed by atoms with Crippen LogP contribution in [-0.2, 0) is 0 Å². The summed E-state index contributed by atoms with van der Waals surface area (Å²) < 4.78 is 2.04. The fourth-order valence-electron chi connectivity index (χ4n) is 2.49. The lowest BCUT2D eigenvalue weighted by Crippen LogP contribution is -2.17. The molecule has 5 nitrogen and oxygen atoms in total. The zero-order valence-corrected chi connectivity index (χ0v) is 10.2. The lowest BCUT2D eigenvalue weighted by atomic mass is 10.2. The average molecular weight is 231 g/mol. The van der Waals surface area contributed by atoms with E-state index >= 15 is 0 Å². The smallest absolute Gasteiger partial charge is 0.155 e. The minimum atomic E-state index is 0.466. The van der Waals surface area contributed by atoms with Crippen molar-refractivity contribution in [3.8, 4) is 0 Å². The maximum atomic E-state index is 4.65. The Labute approximate surface area is 100 Å². The number of imidazole rings is 1. The third kappa shape index (κ3) is 1.76. The van der Waals surface area contributed by atoms with Crippen molar-refractivity contribution in [1.29, 1.82) is 0 Å². The third-order valence-corrected chi connectivity index (χ3v) is 3.48. The van der Waals surface area contributed by atoms with E-state index in [1.165, 1.54) is 19.4 Å². The van der Waals surface area contributed by atoms with E-state index in [4.69, 9.17) is 0 Å². The Bertz CT molecular complexity index is 533. The standard InChI is InChI=1S/C12H17N5/c1-13-11-8-17-7-9(15-12(17)6-14-11)10-4-3-5-16(10)2/h6-8,10,13H,3-5H2,1-2H3. The highest BCUT2D eigenvalue weighted by Gasteiger charge is 2.24. The monoisotopic (exact) mass is 231 g/mol. The number of fused-ring (bicyclic) bond motifs is 1. The van der Waals surface area contributed by atoms with Crippen LogP contribution in [0.15, 0.2) is 18.6 Å². The van der Waals surface area contributed by atoms with Crippen molar-refractivity contribution in [3.05, 3.63) is 24.3 Å². The van der Waals surface area contributed by atoms with Crippen molar-refractivity contribution >= 4 is 11.5 Å². The summed E-state index contributed by atoms with van der Waals surface area (Å²) >= 11 is 0. The van der Waals surface area contributed by atoms with E-state index in [0.29, 0.717) is 6.04 Å². The number of hydrogen-bond acceptors (Lipinski definition) is 4. The van der Waals surface area contributed by atoms with Gasteiger partial charge in [-0.15, -0.1) is 0 Å². The molecule has 1 N–H and O–H groups in total. The molecule has 3 heterocycles. The molecule has 1 saturated heterocycles. The van der Waals surface area contributed by atoms with Crippen molar-refractivity contribution in [2.45, 2.75) is 18.9 Å². The predicted molar refractivity (Wildman–Crippen MR) is 67.1 cm³/mol. The van der Waals surface area contributed by atoms with Gasteiger partial charge in [0.2, 0.25) is 0 Å². The lowest BCUT2D eigenvalue weighted by molar-refractivity contribution is 0.313. The van der Waals surface area contributed by atoms with Gasteiger partial charge in [0.25, 0.3) is 0 Å². The van der Waals surface area contributed by atoms with Crippen LogP contribution in [0.1, 0.15) is 24.6 Å². The molecular formula is C12H17N5. The number of anilines is 1. The average Bonchev–Trinajstić information content (AvgIpc) is 2.93. The number of hydrogen-bond donors (Lipinski definition) is 1. The molecule has 5 heteroatoms. The molecular weight excluding hydrogens is 214 g/mol. The quantitative estimate of drug-likeness (QED) is 0.851. The molecule has 2 aromatic rings. The zero-order valence-electron chi connectivity index (χ0n) is 10.2. The van der Waals surface area contributed by atoms with Gasteiger partial charge in [0.1, 0.15) is 5.82 Å². The Morgan fingerprint density at radius 3 is 3.00 bits per heavy atom. The molecule has 0 radical (unpaired) electrons. The highest BCUT2D eigenvalue weighted by atomic mass is 15.2. The second-order valence-electron chi connectivity index (χ2n) is 4.59. The second-order valence-corrected chi connectivity index (χ2v) is 4.59. The Morgan fingerprint density at radius 1 is 1.41 bits per heavy atom. The maximum absolute atomic E-state index is 4.65. The number of rotatable bonds is 2. The van der Waals surface area contributed by atoms with E-state index in [1.54, 1.807) is 0 Å². The summed E-state index contributed by atoms with van der Waals surface area (Å²) in [5, 5.41) is 3.04. The maximum Gasteiger partial charge on any atom is 0.155 e. The minimum absolute atomic E-state index is 0.466. The molecule has 3 rings (SSSR count). The molecule has 0 amide bonds. The van der Waals surface area contributed by atoms with Gasteiger partial charge >= 0.3 is 0 Å². The predicted octanol–water partition coefficient (Wildman–Crippen LogP) is 1.54. The molecule has 90 valence electrons. The van der Waals surface area contributed by atoms with E-state index in [1.807, 2.05) is 23.8 Å². The largest absolute Gasteiger partial charge is 0.372 e. The van der Waals surface area contributed by atoms with Gasteiger partial charge in [-0.2, -0.15) is 0 Å². The molecule has 1 aliphatic heterocycles. The molecule has 0 bridgehead atoms. The number of nitrogens with one attached hydrogen (secondary N) is 1. The zero-order chi connectivity index (χ0) is 11.8. The Hall–Kier alpha value is -1.62. The number of likely N-dealkylation sites (tertiary alicyclic amines) is 1. The molecule has 1 unspecified atom stereocenters. The summed E-state index contributed by atoms with van der Waals surface area (Å²) in [6.45, 7) is 1.17. The van der Waals surface area contributed by atoms with Crippen LogP contribution in [0.2, 0.25) is 0 Å². The molecule has 1 fully saturated rings. The van der Waals surface area contributed by atoms with E-state index in [0.717, 1.165) is 17.2 Å². The van der Waals surface area contributed by atoms with Crippen LogP contribution in [0.25, 0.3) is 5.65 Å². The summed E-state index contributed by atoms with van der Waals surface area (Å²) in [6, 6.07) is 0.466. The Balaban J connectivity index is 2.01. The van der Waals surface area contributed by atoms with E-state index in [2.05, 4.69) is 33.4 Å². The molecule has 2 aromatic heterocycles. The minimum Gasteiger partial charge on any atom is -0.372 e. The molecule has 1 aliphatic rings. The summed E-state index contributed by atoms with van der Waals surface area (Å²) in [7, 11) is 4.04. The van der Waals surface area contributed by atoms with Gasteiger partial charge in [-0.05, 0) is 26.4 Å². The van der Waals surface area contributed by atoms with Gasteiger partial charge in [0.15, 0.2) is 5.65 Å². The van der Waals surface area contributed by atoms with Crippen LogP contribution >= 0.6 is 0 Å². The van der Waals surface area contributed by atoms with Crippen molar-refractivity contribution in [2.75, 3.05) is 26.0 Å². The number of nitrogens with zero attached hydrogens (tertiary/aromatic N) is 4. The van der Waals surface area contributed by atoms with Crippen molar-refractivity contribution < 1.29 is 0 Å². The van der Waals surface area contributed by atoms with E-state index in [-0.39, 0.29) is 0 Å². The first-order chi connectivity index (χ1) is 8.28. The fraction of sp³-hybridized carbons (Fsp3) is 0.500. The van der Waals surface area contributed by atoms with Gasteiger partial charge in [-0.1, -0.05) is 0 Å². The molecule has 17 heavy (non-hydrogen) atoms. The first-order valence-corrected chi connectivity index (χ1v) is 6.00. The molecule has 0 aliphatic carbocycles. The van der Waals surface area contributed by atoms with Crippen molar-refractivity contribution in [3.63, 3.8) is 0 Å². The van der Waals surface area contributed by atoms with Crippen LogP contribution < -0.4 is 5.32 Å². The molecule has 0 spiro atoms. The summed E-state index contributed by atoms with van der Waals surface area (Å²) in [6.07, 6.45) is 8.36. The normalized spacial score (nSPS) is 21.2. The van der Waals surface area contributed by atoms with Crippen LogP contribution in [0.4, 0.5) is 5.82 Å². The molecule has 0 aromatic carbocycles. The summed E-state index contributed by atoms with van der Waals surface area (Å²) in [5.74, 6) is 0.862. The highest BCUT2D eigenvalue weighted by Crippen LogP contribution is 2.29. The SMILES string of the molecule is CNc1cn2cc(C3CCCN3C)nc2cn1. The highest BCUT2D eigenvalue weighted by molar-refractivity contribution is 5.43. The summed E-state index contributed by atoms with van der Waals surface area (Å²) in [4.78, 5) is 11.3. The van der Waals surface area contributed by atoms with Crippen LogP contribution in [0.5, 0.6) is 0 Å². The van der Waals surface area contributed by atoms with Gasteiger partial charge in [0, 0.05) is 13.2 Å². The van der Waals surface area contributed by atoms with Gasteiger partial charge in [-0.25, -0.2) is 9.97 Å². The Morgan fingerprint density at radius 2 is 2.29 bits per heavy atom. The first-order valence-electron chi connectivity index (χ1n) is 6.00. The van der Waals surface area contributed by atoms with Crippen molar-refractivity contribution in [2.24, 2.45) is 0 Å². The van der Waals surface area contributed by atoms with Gasteiger partial charge in [0.05, 0.1) is 24.1 Å². The molecule has 1 atom stereocenters. The lowest BCUT2D eigenvalue weighted by Gasteiger charge is -2.16. The van der Waals surface area contributed by atoms with E-state index in [9.17, 15) is 0 Å². The van der Waals surface area contributed by atoms with Crippen LogP contribution in [-0.4, -0.2) is 39.9 Å². The third-order valence-electron chi connectivity index (χ3n) is 3.48. The van der Waals surface area contributed by atoms with Gasteiger partial charge < -0.3 is 9.72 Å².